The van der Waals surface area contributed by atoms with Gasteiger partial charge in [-0.1, -0.05) is 29.3 Å². The van der Waals surface area contributed by atoms with Crippen LogP contribution in [0.5, 0.6) is 0 Å². The van der Waals surface area contributed by atoms with Crippen molar-refractivity contribution in [2.45, 2.75) is 57.2 Å². The SMILES string of the molecule is CC(NC(=O)CC1CC2CCC(C1)N2)c1ccc(Cl)c(Cl)c1.Cl. The van der Waals surface area contributed by atoms with E-state index in [2.05, 4.69) is 10.6 Å². The Labute approximate surface area is 153 Å². The Morgan fingerprint density at radius 2 is 1.91 bits per heavy atom. The van der Waals surface area contributed by atoms with Crippen molar-refractivity contribution >= 4 is 41.5 Å². The first-order chi connectivity index (χ1) is 10.5. The lowest BCUT2D eigenvalue weighted by Gasteiger charge is -2.29. The van der Waals surface area contributed by atoms with Gasteiger partial charge in [0.2, 0.25) is 5.91 Å². The normalized spacial score (nSPS) is 27.2. The third-order valence-corrected chi connectivity index (χ3v) is 5.60. The van der Waals surface area contributed by atoms with Crippen molar-refractivity contribution in [3.05, 3.63) is 33.8 Å². The van der Waals surface area contributed by atoms with Gasteiger partial charge in [0.25, 0.3) is 0 Å². The molecular formula is C17H23Cl3N2O. The molecule has 0 aliphatic carbocycles. The molecule has 3 unspecified atom stereocenters. The van der Waals surface area contributed by atoms with Crippen LogP contribution in [0.25, 0.3) is 0 Å². The second-order valence-electron chi connectivity index (χ2n) is 6.64. The first-order valence-corrected chi connectivity index (χ1v) is 8.77. The summed E-state index contributed by atoms with van der Waals surface area (Å²) in [5.41, 5.74) is 0.980. The lowest BCUT2D eigenvalue weighted by atomic mass is 9.89. The van der Waals surface area contributed by atoms with Gasteiger partial charge in [-0.3, -0.25) is 4.79 Å². The molecule has 2 fully saturated rings. The first kappa shape index (κ1) is 18.9. The second kappa shape index (κ2) is 8.06. The van der Waals surface area contributed by atoms with E-state index in [4.69, 9.17) is 23.2 Å². The van der Waals surface area contributed by atoms with Gasteiger partial charge < -0.3 is 10.6 Å². The molecule has 3 rings (SSSR count). The van der Waals surface area contributed by atoms with Gasteiger partial charge in [0.15, 0.2) is 0 Å². The minimum absolute atomic E-state index is 0. The Balaban J connectivity index is 0.00000192. The molecule has 0 radical (unpaired) electrons. The molecule has 1 aromatic rings. The lowest BCUT2D eigenvalue weighted by Crippen LogP contribution is -2.40. The summed E-state index contributed by atoms with van der Waals surface area (Å²) in [6.45, 7) is 1.98. The van der Waals surface area contributed by atoms with E-state index in [1.54, 1.807) is 6.07 Å². The summed E-state index contributed by atoms with van der Waals surface area (Å²) in [5, 5.41) is 7.75. The highest BCUT2D eigenvalue weighted by Crippen LogP contribution is 2.33. The zero-order valence-corrected chi connectivity index (χ0v) is 15.5. The molecule has 23 heavy (non-hydrogen) atoms. The average Bonchev–Trinajstić information content (AvgIpc) is 2.80. The standard InChI is InChI=1S/C17H22Cl2N2O.ClH/c1-10(12-2-5-15(18)16(19)9-12)20-17(22)8-11-6-13-3-4-14(7-11)21-13;/h2,5,9-11,13-14,21H,3-4,6-8H2,1H3,(H,20,22);1H. The van der Waals surface area contributed by atoms with Gasteiger partial charge in [0.05, 0.1) is 16.1 Å². The summed E-state index contributed by atoms with van der Waals surface area (Å²) < 4.78 is 0. The topological polar surface area (TPSA) is 41.1 Å². The summed E-state index contributed by atoms with van der Waals surface area (Å²) >= 11 is 12.0. The highest BCUT2D eigenvalue weighted by molar-refractivity contribution is 6.42. The number of benzene rings is 1. The van der Waals surface area contributed by atoms with Crippen LogP contribution >= 0.6 is 35.6 Å². The molecule has 128 valence electrons. The number of rotatable bonds is 4. The van der Waals surface area contributed by atoms with Crippen LogP contribution in [0.4, 0.5) is 0 Å². The molecule has 2 N–H and O–H groups in total. The monoisotopic (exact) mass is 376 g/mol. The van der Waals surface area contributed by atoms with Gasteiger partial charge in [-0.15, -0.1) is 12.4 Å². The molecule has 1 amide bonds. The molecular weight excluding hydrogens is 355 g/mol. The van der Waals surface area contributed by atoms with E-state index >= 15 is 0 Å². The quantitative estimate of drug-likeness (QED) is 0.810. The van der Waals surface area contributed by atoms with Crippen molar-refractivity contribution in [1.29, 1.82) is 0 Å². The lowest BCUT2D eigenvalue weighted by molar-refractivity contribution is -0.122. The number of fused-ring (bicyclic) bond motifs is 2. The molecule has 2 aliphatic rings. The maximum absolute atomic E-state index is 12.3. The van der Waals surface area contributed by atoms with Gasteiger partial charge >= 0.3 is 0 Å². The molecule has 3 atom stereocenters. The number of amides is 1. The Hall–Kier alpha value is -0.480. The molecule has 2 heterocycles. The van der Waals surface area contributed by atoms with Crippen LogP contribution in [0.15, 0.2) is 18.2 Å². The van der Waals surface area contributed by atoms with Crippen LogP contribution in [0.1, 0.15) is 50.6 Å². The van der Waals surface area contributed by atoms with E-state index < -0.39 is 0 Å². The Kier molecular flexibility index (Phi) is 6.61. The predicted molar refractivity (Wildman–Crippen MR) is 97.6 cm³/mol. The smallest absolute Gasteiger partial charge is 0.220 e. The third kappa shape index (κ3) is 4.76. The minimum Gasteiger partial charge on any atom is -0.350 e. The number of piperidine rings is 1. The Bertz CT molecular complexity index is 555. The van der Waals surface area contributed by atoms with E-state index in [1.165, 1.54) is 12.8 Å². The van der Waals surface area contributed by atoms with E-state index in [0.717, 1.165) is 18.4 Å². The largest absolute Gasteiger partial charge is 0.350 e. The first-order valence-electron chi connectivity index (χ1n) is 8.01. The molecule has 2 aliphatic heterocycles. The van der Waals surface area contributed by atoms with Crippen LogP contribution in [0.2, 0.25) is 10.0 Å². The molecule has 2 bridgehead atoms. The number of hydrogen-bond acceptors (Lipinski definition) is 2. The molecule has 0 aromatic heterocycles. The third-order valence-electron chi connectivity index (χ3n) is 4.87. The maximum atomic E-state index is 12.3. The Morgan fingerprint density at radius 3 is 2.52 bits per heavy atom. The summed E-state index contributed by atoms with van der Waals surface area (Å²) in [6.07, 6.45) is 5.42. The molecule has 6 heteroatoms. The second-order valence-corrected chi connectivity index (χ2v) is 7.46. The maximum Gasteiger partial charge on any atom is 0.220 e. The number of halogens is 3. The molecule has 3 nitrogen and oxygen atoms in total. The fourth-order valence-electron chi connectivity index (χ4n) is 3.77. The van der Waals surface area contributed by atoms with Crippen molar-refractivity contribution in [2.75, 3.05) is 0 Å². The zero-order chi connectivity index (χ0) is 15.7. The van der Waals surface area contributed by atoms with E-state index in [1.807, 2.05) is 19.1 Å². The van der Waals surface area contributed by atoms with Crippen molar-refractivity contribution < 1.29 is 4.79 Å². The fourth-order valence-corrected chi connectivity index (χ4v) is 4.08. The van der Waals surface area contributed by atoms with Crippen LogP contribution in [0, 0.1) is 5.92 Å². The predicted octanol–water partition coefficient (Wildman–Crippen LogP) is 4.51. The highest BCUT2D eigenvalue weighted by atomic mass is 35.5. The number of carbonyl (C=O) groups excluding carboxylic acids is 1. The van der Waals surface area contributed by atoms with Gasteiger partial charge in [-0.2, -0.15) is 0 Å². The van der Waals surface area contributed by atoms with E-state index in [0.29, 0.717) is 34.5 Å². The minimum atomic E-state index is -0.0549. The summed E-state index contributed by atoms with van der Waals surface area (Å²) in [4.78, 5) is 12.3. The van der Waals surface area contributed by atoms with Gasteiger partial charge in [-0.05, 0) is 56.2 Å². The van der Waals surface area contributed by atoms with Gasteiger partial charge in [0, 0.05) is 18.5 Å². The van der Waals surface area contributed by atoms with Crippen molar-refractivity contribution in [3.63, 3.8) is 0 Å². The number of hydrogen-bond donors (Lipinski definition) is 2. The van der Waals surface area contributed by atoms with E-state index in [9.17, 15) is 4.79 Å². The average molecular weight is 378 g/mol. The van der Waals surface area contributed by atoms with Crippen molar-refractivity contribution in [1.82, 2.24) is 10.6 Å². The van der Waals surface area contributed by atoms with Gasteiger partial charge in [0.1, 0.15) is 0 Å². The van der Waals surface area contributed by atoms with Crippen LogP contribution in [0.3, 0.4) is 0 Å². The molecule has 2 saturated heterocycles. The summed E-state index contributed by atoms with van der Waals surface area (Å²) in [5.74, 6) is 0.643. The summed E-state index contributed by atoms with van der Waals surface area (Å²) in [6, 6.07) is 6.70. The zero-order valence-electron chi connectivity index (χ0n) is 13.1. The van der Waals surface area contributed by atoms with Gasteiger partial charge in [-0.25, -0.2) is 0 Å². The highest BCUT2D eigenvalue weighted by Gasteiger charge is 2.34. The van der Waals surface area contributed by atoms with E-state index in [-0.39, 0.29) is 24.4 Å². The number of nitrogens with one attached hydrogen (secondary N) is 2. The Morgan fingerprint density at radius 1 is 1.26 bits per heavy atom. The van der Waals surface area contributed by atoms with Crippen LogP contribution in [-0.2, 0) is 4.79 Å². The molecule has 0 spiro atoms. The summed E-state index contributed by atoms with van der Waals surface area (Å²) in [7, 11) is 0. The van der Waals surface area contributed by atoms with Crippen LogP contribution in [-0.4, -0.2) is 18.0 Å². The van der Waals surface area contributed by atoms with Crippen molar-refractivity contribution in [2.24, 2.45) is 5.92 Å². The molecule has 1 aromatic carbocycles. The fraction of sp³-hybridized carbons (Fsp3) is 0.588. The van der Waals surface area contributed by atoms with Crippen molar-refractivity contribution in [3.8, 4) is 0 Å². The van der Waals surface area contributed by atoms with Crippen LogP contribution < -0.4 is 10.6 Å². The number of carbonyl (C=O) groups is 1. The molecule has 0 saturated carbocycles.